The fourth-order valence-corrected chi connectivity index (χ4v) is 3.40. The van der Waals surface area contributed by atoms with Gasteiger partial charge < -0.3 is 10.1 Å². The number of hydrogen-bond donors (Lipinski definition) is 1. The number of hydrogen-bond acceptors (Lipinski definition) is 5. The highest BCUT2D eigenvalue weighted by Gasteiger charge is 2.38. The van der Waals surface area contributed by atoms with E-state index in [-0.39, 0.29) is 22.2 Å². The van der Waals surface area contributed by atoms with Gasteiger partial charge >= 0.3 is 5.97 Å². The molecule has 0 unspecified atom stereocenters. The average Bonchev–Trinajstić information content (AvgIpc) is 2.66. The molecule has 2 aromatic rings. The smallest absolute Gasteiger partial charge is 0.338 e. The van der Waals surface area contributed by atoms with Crippen LogP contribution < -0.4 is 5.32 Å². The Labute approximate surface area is 156 Å². The van der Waals surface area contributed by atoms with Crippen LogP contribution in [0.2, 0.25) is 0 Å². The van der Waals surface area contributed by atoms with Crippen LogP contribution in [0.4, 0.5) is 5.69 Å². The second kappa shape index (κ2) is 7.57. The number of rotatable bonds is 6. The zero-order valence-electron chi connectivity index (χ0n) is 14.9. The van der Waals surface area contributed by atoms with E-state index in [0.717, 1.165) is 31.4 Å². The molecule has 1 aliphatic carbocycles. The van der Waals surface area contributed by atoms with Gasteiger partial charge in [-0.05, 0) is 24.5 Å². The highest BCUT2D eigenvalue weighted by atomic mass is 16.6. The van der Waals surface area contributed by atoms with E-state index in [1.54, 1.807) is 0 Å². The minimum Gasteiger partial charge on any atom is -0.465 e. The van der Waals surface area contributed by atoms with E-state index < -0.39 is 16.8 Å². The molecule has 0 bridgehead atoms. The molecule has 0 atom stereocenters. The van der Waals surface area contributed by atoms with Crippen LogP contribution in [0.1, 0.15) is 45.5 Å². The molecule has 0 aliphatic heterocycles. The topological polar surface area (TPSA) is 98.5 Å². The summed E-state index contributed by atoms with van der Waals surface area (Å²) in [7, 11) is 1.18. The van der Waals surface area contributed by atoms with Crippen molar-refractivity contribution < 1.29 is 19.2 Å². The number of methoxy groups -OCH3 is 1. The maximum Gasteiger partial charge on any atom is 0.338 e. The van der Waals surface area contributed by atoms with Gasteiger partial charge in [-0.1, -0.05) is 36.8 Å². The van der Waals surface area contributed by atoms with Gasteiger partial charge in [-0.2, -0.15) is 0 Å². The van der Waals surface area contributed by atoms with Gasteiger partial charge in [-0.3, -0.25) is 14.9 Å². The van der Waals surface area contributed by atoms with E-state index in [1.807, 2.05) is 30.3 Å². The third-order valence-electron chi connectivity index (χ3n) is 5.10. The van der Waals surface area contributed by atoms with Gasteiger partial charge in [-0.25, -0.2) is 4.79 Å². The van der Waals surface area contributed by atoms with Crippen LogP contribution in [0.15, 0.2) is 48.5 Å². The number of nitro groups is 1. The summed E-state index contributed by atoms with van der Waals surface area (Å²) in [5, 5.41) is 14.0. The molecular formula is C20H20N2O5. The first-order valence-electron chi connectivity index (χ1n) is 8.67. The number of nitro benzene ring substituents is 1. The number of carbonyl (C=O) groups excluding carboxylic acids is 2. The fourth-order valence-electron chi connectivity index (χ4n) is 3.40. The molecule has 2 aromatic carbocycles. The van der Waals surface area contributed by atoms with Crippen LogP contribution in [-0.2, 0) is 10.2 Å². The predicted molar refractivity (Wildman–Crippen MR) is 98.7 cm³/mol. The molecule has 7 heteroatoms. The fraction of sp³-hybridized carbons (Fsp3) is 0.300. The first-order valence-corrected chi connectivity index (χ1v) is 8.67. The van der Waals surface area contributed by atoms with Crippen LogP contribution in [0.5, 0.6) is 0 Å². The number of esters is 1. The first-order chi connectivity index (χ1) is 12.9. The van der Waals surface area contributed by atoms with Crippen molar-refractivity contribution in [3.05, 3.63) is 75.3 Å². The van der Waals surface area contributed by atoms with Crippen LogP contribution in [0.25, 0.3) is 0 Å². The number of nitrogens with zero attached hydrogens (tertiary/aromatic N) is 1. The molecule has 1 aliphatic rings. The van der Waals surface area contributed by atoms with Gasteiger partial charge in [0, 0.05) is 29.7 Å². The summed E-state index contributed by atoms with van der Waals surface area (Å²) >= 11 is 0. The summed E-state index contributed by atoms with van der Waals surface area (Å²) in [6.07, 6.45) is 3.04. The van der Waals surface area contributed by atoms with Crippen molar-refractivity contribution in [3.8, 4) is 0 Å². The molecule has 0 saturated heterocycles. The summed E-state index contributed by atoms with van der Waals surface area (Å²) in [4.78, 5) is 34.8. The second-order valence-electron chi connectivity index (χ2n) is 6.70. The van der Waals surface area contributed by atoms with E-state index in [1.165, 1.54) is 18.7 Å². The van der Waals surface area contributed by atoms with Crippen molar-refractivity contribution in [3.63, 3.8) is 0 Å². The summed E-state index contributed by atoms with van der Waals surface area (Å²) in [5.74, 6) is -1.18. The van der Waals surface area contributed by atoms with Crippen LogP contribution in [0, 0.1) is 10.1 Å². The monoisotopic (exact) mass is 368 g/mol. The molecule has 1 amide bonds. The minimum atomic E-state index is -0.729. The Morgan fingerprint density at radius 2 is 1.81 bits per heavy atom. The highest BCUT2D eigenvalue weighted by Crippen LogP contribution is 2.43. The normalized spacial score (nSPS) is 14.7. The number of amides is 1. The van der Waals surface area contributed by atoms with Crippen LogP contribution in [0.3, 0.4) is 0 Å². The Morgan fingerprint density at radius 1 is 1.15 bits per heavy atom. The number of non-ortho nitro benzene ring substituents is 1. The van der Waals surface area contributed by atoms with E-state index in [0.29, 0.717) is 6.54 Å². The van der Waals surface area contributed by atoms with Crippen LogP contribution >= 0.6 is 0 Å². The Kier molecular flexibility index (Phi) is 5.21. The van der Waals surface area contributed by atoms with Crippen molar-refractivity contribution in [1.82, 2.24) is 5.32 Å². The van der Waals surface area contributed by atoms with E-state index in [2.05, 4.69) is 10.1 Å². The van der Waals surface area contributed by atoms with Gasteiger partial charge in [0.05, 0.1) is 17.6 Å². The highest BCUT2D eigenvalue weighted by molar-refractivity contribution is 5.99. The zero-order valence-corrected chi connectivity index (χ0v) is 14.9. The zero-order chi connectivity index (χ0) is 19.4. The van der Waals surface area contributed by atoms with E-state index in [9.17, 15) is 19.7 Å². The third kappa shape index (κ3) is 3.81. The molecule has 1 N–H and O–H groups in total. The van der Waals surface area contributed by atoms with Gasteiger partial charge in [0.25, 0.3) is 11.6 Å². The Hall–Kier alpha value is -3.22. The molecule has 0 radical (unpaired) electrons. The van der Waals surface area contributed by atoms with Gasteiger partial charge in [0.15, 0.2) is 0 Å². The van der Waals surface area contributed by atoms with Gasteiger partial charge in [0.2, 0.25) is 0 Å². The summed E-state index contributed by atoms with van der Waals surface area (Å²) in [6, 6.07) is 13.6. The van der Waals surface area contributed by atoms with Crippen LogP contribution in [-0.4, -0.2) is 30.5 Å². The second-order valence-corrected chi connectivity index (χ2v) is 6.70. The Morgan fingerprint density at radius 3 is 2.37 bits per heavy atom. The lowest BCUT2D eigenvalue weighted by molar-refractivity contribution is -0.384. The van der Waals surface area contributed by atoms with Gasteiger partial charge in [0.1, 0.15) is 0 Å². The SMILES string of the molecule is COC(=O)c1cc(C(=O)NCC2(c3ccccc3)CCC2)cc([N+](=O)[O-])c1. The average molecular weight is 368 g/mol. The lowest BCUT2D eigenvalue weighted by Crippen LogP contribution is -2.45. The quantitative estimate of drug-likeness (QED) is 0.479. The summed E-state index contributed by atoms with van der Waals surface area (Å²) in [6.45, 7) is 0.437. The summed E-state index contributed by atoms with van der Waals surface area (Å²) < 4.78 is 4.61. The van der Waals surface area contributed by atoms with Crippen molar-refractivity contribution in [2.45, 2.75) is 24.7 Å². The van der Waals surface area contributed by atoms with Crippen molar-refractivity contribution in [2.75, 3.05) is 13.7 Å². The number of nitrogens with one attached hydrogen (secondary N) is 1. The minimum absolute atomic E-state index is 0.0294. The van der Waals surface area contributed by atoms with E-state index >= 15 is 0 Å². The number of ether oxygens (including phenoxy) is 1. The molecule has 1 saturated carbocycles. The maximum absolute atomic E-state index is 12.6. The van der Waals surface area contributed by atoms with Crippen molar-refractivity contribution in [1.29, 1.82) is 0 Å². The number of carbonyl (C=O) groups is 2. The molecule has 140 valence electrons. The molecule has 3 rings (SSSR count). The van der Waals surface area contributed by atoms with Crippen molar-refractivity contribution in [2.24, 2.45) is 0 Å². The first kappa shape index (κ1) is 18.6. The molecule has 0 heterocycles. The number of benzene rings is 2. The Balaban J connectivity index is 1.80. The summed E-state index contributed by atoms with van der Waals surface area (Å²) in [5.41, 5.74) is 0.767. The molecule has 0 spiro atoms. The largest absolute Gasteiger partial charge is 0.465 e. The molecule has 1 fully saturated rings. The maximum atomic E-state index is 12.6. The van der Waals surface area contributed by atoms with Gasteiger partial charge in [-0.15, -0.1) is 0 Å². The molecule has 0 aromatic heterocycles. The predicted octanol–water partition coefficient (Wildman–Crippen LogP) is 3.23. The molecule has 7 nitrogen and oxygen atoms in total. The Bertz CT molecular complexity index is 875. The van der Waals surface area contributed by atoms with Crippen molar-refractivity contribution >= 4 is 17.6 Å². The molecule has 27 heavy (non-hydrogen) atoms. The lowest BCUT2D eigenvalue weighted by atomic mass is 9.64. The lowest BCUT2D eigenvalue weighted by Gasteiger charge is -2.42. The molecular weight excluding hydrogens is 348 g/mol. The van der Waals surface area contributed by atoms with E-state index in [4.69, 9.17) is 0 Å². The third-order valence-corrected chi connectivity index (χ3v) is 5.10. The standard InChI is InChI=1S/C20H20N2O5/c1-27-19(24)15-10-14(11-17(12-15)22(25)26)18(23)21-13-20(8-5-9-20)16-6-3-2-4-7-16/h2-4,6-7,10-12H,5,8-9,13H2,1H3,(H,21,23).